The van der Waals surface area contributed by atoms with Gasteiger partial charge in [-0.3, -0.25) is 0 Å². The number of piperazine rings is 1. The fourth-order valence-electron chi connectivity index (χ4n) is 2.80. The summed E-state index contributed by atoms with van der Waals surface area (Å²) in [6.07, 6.45) is 0. The first kappa shape index (κ1) is 19.7. The van der Waals surface area contributed by atoms with Crippen molar-refractivity contribution in [3.8, 4) is 0 Å². The van der Waals surface area contributed by atoms with Gasteiger partial charge in [0.2, 0.25) is 20.0 Å². The predicted octanol–water partition coefficient (Wildman–Crippen LogP) is 1.24. The van der Waals surface area contributed by atoms with E-state index in [1.807, 2.05) is 0 Å². The van der Waals surface area contributed by atoms with Crippen molar-refractivity contribution in [2.75, 3.05) is 31.9 Å². The molecule has 0 amide bonds. The summed E-state index contributed by atoms with van der Waals surface area (Å²) in [6.45, 7) is -0.710. The highest BCUT2D eigenvalue weighted by molar-refractivity contribution is 7.89. The van der Waals surface area contributed by atoms with Crippen LogP contribution < -0.4 is 5.73 Å². The fraction of sp³-hybridized carbons (Fsp3) is 0.250. The number of anilines is 1. The van der Waals surface area contributed by atoms with Gasteiger partial charge in [0.05, 0.1) is 4.90 Å². The highest BCUT2D eigenvalue weighted by Crippen LogP contribution is 2.25. The first-order valence-electron chi connectivity index (χ1n) is 7.94. The van der Waals surface area contributed by atoms with Crippen molar-refractivity contribution in [1.82, 2.24) is 8.61 Å². The quantitative estimate of drug-likeness (QED) is 0.755. The summed E-state index contributed by atoms with van der Waals surface area (Å²) in [7, 11) is -8.24. The molecule has 1 heterocycles. The molecule has 27 heavy (non-hydrogen) atoms. The minimum absolute atomic E-state index is 0.0353. The Bertz CT molecular complexity index is 1030. The predicted molar refractivity (Wildman–Crippen MR) is 94.7 cm³/mol. The van der Waals surface area contributed by atoms with Crippen LogP contribution in [0.15, 0.2) is 52.3 Å². The summed E-state index contributed by atoms with van der Waals surface area (Å²) in [4.78, 5) is -0.993. The van der Waals surface area contributed by atoms with Crippen LogP contribution in [0.3, 0.4) is 0 Å². The smallest absolute Gasteiger partial charge is 0.249 e. The third-order valence-electron chi connectivity index (χ3n) is 4.23. The lowest BCUT2D eigenvalue weighted by Crippen LogP contribution is -2.50. The van der Waals surface area contributed by atoms with Crippen molar-refractivity contribution < 1.29 is 25.6 Å². The molecule has 0 atom stereocenters. The molecule has 0 radical (unpaired) electrons. The lowest BCUT2D eigenvalue weighted by Gasteiger charge is -2.33. The Balaban J connectivity index is 1.80. The molecule has 146 valence electrons. The molecular weight excluding hydrogens is 400 g/mol. The highest BCUT2D eigenvalue weighted by atomic mass is 32.2. The number of hydrogen-bond acceptors (Lipinski definition) is 5. The van der Waals surface area contributed by atoms with Gasteiger partial charge in [0.15, 0.2) is 4.90 Å². The van der Waals surface area contributed by atoms with E-state index in [0.29, 0.717) is 5.69 Å². The Kier molecular flexibility index (Phi) is 5.21. The zero-order valence-corrected chi connectivity index (χ0v) is 15.7. The second kappa shape index (κ2) is 7.15. The first-order chi connectivity index (χ1) is 12.6. The van der Waals surface area contributed by atoms with Crippen molar-refractivity contribution in [1.29, 1.82) is 0 Å². The summed E-state index contributed by atoms with van der Waals surface area (Å²) >= 11 is 0. The van der Waals surface area contributed by atoms with Crippen LogP contribution in [0.2, 0.25) is 0 Å². The molecule has 1 aliphatic heterocycles. The van der Waals surface area contributed by atoms with Gasteiger partial charge in [-0.2, -0.15) is 8.61 Å². The average Bonchev–Trinajstić information content (AvgIpc) is 2.62. The molecule has 0 spiro atoms. The van der Waals surface area contributed by atoms with Gasteiger partial charge in [-0.25, -0.2) is 25.6 Å². The van der Waals surface area contributed by atoms with E-state index < -0.39 is 36.6 Å². The lowest BCUT2D eigenvalue weighted by molar-refractivity contribution is 0.271. The van der Waals surface area contributed by atoms with Crippen LogP contribution in [-0.2, 0) is 20.0 Å². The van der Waals surface area contributed by atoms with Crippen LogP contribution in [0.25, 0.3) is 0 Å². The van der Waals surface area contributed by atoms with E-state index in [-0.39, 0.29) is 31.1 Å². The Morgan fingerprint density at radius 1 is 0.741 bits per heavy atom. The molecule has 0 bridgehead atoms. The van der Waals surface area contributed by atoms with Gasteiger partial charge in [-0.15, -0.1) is 0 Å². The van der Waals surface area contributed by atoms with Gasteiger partial charge < -0.3 is 5.73 Å². The third kappa shape index (κ3) is 3.68. The summed E-state index contributed by atoms with van der Waals surface area (Å²) in [6, 6.07) is 8.42. The largest absolute Gasteiger partial charge is 0.399 e. The fourth-order valence-corrected chi connectivity index (χ4v) is 5.75. The van der Waals surface area contributed by atoms with Crippen LogP contribution >= 0.6 is 0 Å². The van der Waals surface area contributed by atoms with Gasteiger partial charge in [0.1, 0.15) is 11.6 Å². The van der Waals surface area contributed by atoms with Gasteiger partial charge in [0, 0.05) is 31.9 Å². The molecule has 7 nitrogen and oxygen atoms in total. The van der Waals surface area contributed by atoms with Crippen molar-refractivity contribution in [2.24, 2.45) is 0 Å². The maximum Gasteiger partial charge on any atom is 0.249 e. The van der Waals surface area contributed by atoms with E-state index in [1.165, 1.54) is 24.3 Å². The molecule has 2 aromatic rings. The molecule has 11 heteroatoms. The van der Waals surface area contributed by atoms with Crippen molar-refractivity contribution in [3.05, 3.63) is 54.1 Å². The normalized spacial score (nSPS) is 17.1. The topological polar surface area (TPSA) is 101 Å². The summed E-state index contributed by atoms with van der Waals surface area (Å²) in [5.41, 5.74) is 5.96. The number of nitrogens with two attached hydrogens (primary N) is 1. The second-order valence-corrected chi connectivity index (χ2v) is 9.74. The Labute approximate surface area is 156 Å². The van der Waals surface area contributed by atoms with Crippen LogP contribution in [0.1, 0.15) is 0 Å². The lowest BCUT2D eigenvalue weighted by atomic mass is 10.3. The van der Waals surface area contributed by atoms with E-state index in [2.05, 4.69) is 0 Å². The number of benzene rings is 2. The monoisotopic (exact) mass is 417 g/mol. The Morgan fingerprint density at radius 2 is 1.19 bits per heavy atom. The molecule has 1 aliphatic rings. The van der Waals surface area contributed by atoms with Gasteiger partial charge in [0.25, 0.3) is 0 Å². The standard InChI is InChI=1S/C16H17F2N3O4S2/c17-14-2-1-3-15(18)16(14)27(24,25)21-10-8-20(9-11-21)26(22,23)13-6-4-12(19)5-7-13/h1-7H,8-11,19H2. The first-order valence-corrected chi connectivity index (χ1v) is 10.8. The molecule has 0 aliphatic carbocycles. The minimum Gasteiger partial charge on any atom is -0.399 e. The number of hydrogen-bond donors (Lipinski definition) is 1. The molecule has 3 rings (SSSR count). The molecule has 0 aromatic heterocycles. The number of nitrogens with zero attached hydrogens (tertiary/aromatic N) is 2. The number of nitrogen functional groups attached to an aromatic ring is 1. The van der Waals surface area contributed by atoms with Gasteiger partial charge in [-0.05, 0) is 36.4 Å². The minimum atomic E-state index is -4.42. The van der Waals surface area contributed by atoms with E-state index in [1.54, 1.807) is 0 Å². The van der Waals surface area contributed by atoms with Crippen LogP contribution in [0, 0.1) is 11.6 Å². The maximum atomic E-state index is 13.9. The molecular formula is C16H17F2N3O4S2. The molecule has 0 saturated carbocycles. The van der Waals surface area contributed by atoms with Crippen molar-refractivity contribution >= 4 is 25.7 Å². The van der Waals surface area contributed by atoms with Crippen LogP contribution in [0.5, 0.6) is 0 Å². The molecule has 1 fully saturated rings. The zero-order chi connectivity index (χ0) is 19.8. The Morgan fingerprint density at radius 3 is 1.67 bits per heavy atom. The van der Waals surface area contributed by atoms with Gasteiger partial charge in [-0.1, -0.05) is 6.07 Å². The summed E-state index contributed by atoms with van der Waals surface area (Å²) in [5, 5.41) is 0. The van der Waals surface area contributed by atoms with Crippen LogP contribution in [0.4, 0.5) is 14.5 Å². The molecule has 2 aromatic carbocycles. The average molecular weight is 417 g/mol. The van der Waals surface area contributed by atoms with E-state index in [4.69, 9.17) is 5.73 Å². The third-order valence-corrected chi connectivity index (χ3v) is 8.10. The maximum absolute atomic E-state index is 13.9. The molecule has 1 saturated heterocycles. The van der Waals surface area contributed by atoms with Crippen LogP contribution in [-0.4, -0.2) is 51.6 Å². The van der Waals surface area contributed by atoms with Crippen molar-refractivity contribution in [3.63, 3.8) is 0 Å². The SMILES string of the molecule is Nc1ccc(S(=O)(=O)N2CCN(S(=O)(=O)c3c(F)cccc3F)CC2)cc1. The molecule has 2 N–H and O–H groups in total. The summed E-state index contributed by atoms with van der Waals surface area (Å²) in [5.74, 6) is -2.38. The summed E-state index contributed by atoms with van der Waals surface area (Å²) < 4.78 is 80.1. The Hall–Kier alpha value is -2.08. The number of halogens is 2. The van der Waals surface area contributed by atoms with E-state index >= 15 is 0 Å². The van der Waals surface area contributed by atoms with Gasteiger partial charge >= 0.3 is 0 Å². The zero-order valence-electron chi connectivity index (χ0n) is 14.0. The second-order valence-electron chi connectivity index (χ2n) is 5.93. The highest BCUT2D eigenvalue weighted by Gasteiger charge is 2.36. The van der Waals surface area contributed by atoms with E-state index in [0.717, 1.165) is 26.8 Å². The number of rotatable bonds is 4. The molecule has 0 unspecified atom stereocenters. The van der Waals surface area contributed by atoms with Crippen molar-refractivity contribution in [2.45, 2.75) is 9.79 Å². The van der Waals surface area contributed by atoms with E-state index in [9.17, 15) is 25.6 Å². The number of sulfonamides is 2.